The van der Waals surface area contributed by atoms with Crippen molar-refractivity contribution in [1.29, 1.82) is 0 Å². The van der Waals surface area contributed by atoms with Crippen molar-refractivity contribution in [2.45, 2.75) is 20.3 Å². The zero-order valence-corrected chi connectivity index (χ0v) is 28.3. The molecular formula is C48H36N2. The molecule has 2 aliphatic rings. The van der Waals surface area contributed by atoms with Gasteiger partial charge >= 0.3 is 0 Å². The molecule has 2 heteroatoms. The Morgan fingerprint density at radius 3 is 1.94 bits per heavy atom. The Kier molecular flexibility index (Phi) is 6.32. The number of aromatic nitrogens is 1. The molecular weight excluding hydrogens is 605 g/mol. The number of hydrogen-bond acceptors (Lipinski definition) is 1. The van der Waals surface area contributed by atoms with E-state index in [0.29, 0.717) is 0 Å². The molecule has 0 N–H and O–H groups in total. The highest BCUT2D eigenvalue weighted by Crippen LogP contribution is 2.48. The van der Waals surface area contributed by atoms with E-state index in [9.17, 15) is 0 Å². The normalized spacial score (nSPS) is 17.1. The average Bonchev–Trinajstić information content (AvgIpc) is 3.49. The number of benzene rings is 7. The van der Waals surface area contributed by atoms with Gasteiger partial charge in [0, 0.05) is 38.6 Å². The second-order valence-corrected chi connectivity index (χ2v) is 14.1. The molecule has 238 valence electrons. The number of anilines is 3. The third-order valence-corrected chi connectivity index (χ3v) is 11.0. The minimum absolute atomic E-state index is 0.0329. The Balaban J connectivity index is 1.30. The van der Waals surface area contributed by atoms with Gasteiger partial charge in [0.15, 0.2) is 0 Å². The van der Waals surface area contributed by atoms with E-state index in [0.717, 1.165) is 17.8 Å². The van der Waals surface area contributed by atoms with Crippen molar-refractivity contribution in [1.82, 2.24) is 4.57 Å². The number of para-hydroxylation sites is 1. The van der Waals surface area contributed by atoms with Crippen LogP contribution < -0.4 is 4.90 Å². The van der Waals surface area contributed by atoms with Crippen LogP contribution in [0.5, 0.6) is 0 Å². The standard InChI is InChI=1S/C48H36N2/c1-32-23-25-33(26-24-32)49(45-21-11-18-41-37-14-4-3-13-35(37)36-15-5-6-17-40(36)47(41)45)34-27-28-39-38-16-7-8-20-43(38)50(46(39)31-34)44-22-12-30-48(2)29-10-9-19-42(44)48/h3-29,31H,30H2,1-2H3. The van der Waals surface area contributed by atoms with E-state index in [4.69, 9.17) is 0 Å². The molecule has 1 aromatic heterocycles. The minimum atomic E-state index is -0.0329. The summed E-state index contributed by atoms with van der Waals surface area (Å²) >= 11 is 0. The van der Waals surface area contributed by atoms with Gasteiger partial charge in [-0.25, -0.2) is 0 Å². The van der Waals surface area contributed by atoms with Crippen LogP contribution in [0.15, 0.2) is 175 Å². The Hall–Kier alpha value is -6.12. The van der Waals surface area contributed by atoms with Crippen LogP contribution in [0.25, 0.3) is 59.8 Å². The third kappa shape index (κ3) is 4.21. The SMILES string of the molecule is Cc1ccc(N(c2ccc3c4ccccc4n(C4=C5C=CC=CC5(C)CC=C4)c3c2)c2cccc3c4ccccc4c4ccccc4c23)cc1. The summed E-state index contributed by atoms with van der Waals surface area (Å²) < 4.78 is 2.50. The quantitative estimate of drug-likeness (QED) is 0.174. The predicted molar refractivity (Wildman–Crippen MR) is 215 cm³/mol. The van der Waals surface area contributed by atoms with Gasteiger partial charge in [-0.3, -0.25) is 0 Å². The lowest BCUT2D eigenvalue weighted by molar-refractivity contribution is 0.527. The fourth-order valence-corrected chi connectivity index (χ4v) is 8.56. The number of aryl methyl sites for hydroxylation is 1. The van der Waals surface area contributed by atoms with Crippen molar-refractivity contribution in [2.24, 2.45) is 5.41 Å². The van der Waals surface area contributed by atoms with Gasteiger partial charge in [-0.2, -0.15) is 0 Å². The molecule has 1 unspecified atom stereocenters. The summed E-state index contributed by atoms with van der Waals surface area (Å²) in [5, 5.41) is 10.1. The number of hydrogen-bond donors (Lipinski definition) is 0. The van der Waals surface area contributed by atoms with Crippen LogP contribution in [0.3, 0.4) is 0 Å². The molecule has 0 saturated heterocycles. The molecule has 1 atom stereocenters. The highest BCUT2D eigenvalue weighted by molar-refractivity contribution is 6.28. The number of rotatable bonds is 4. The first-order chi connectivity index (χ1) is 24.6. The summed E-state index contributed by atoms with van der Waals surface area (Å²) in [6, 6.07) is 49.4. The van der Waals surface area contributed by atoms with Crippen LogP contribution in [0, 0.1) is 12.3 Å². The van der Waals surface area contributed by atoms with Crippen LogP contribution >= 0.6 is 0 Å². The topological polar surface area (TPSA) is 8.17 Å². The maximum Gasteiger partial charge on any atom is 0.0562 e. The van der Waals surface area contributed by atoms with Gasteiger partial charge in [0.05, 0.1) is 16.7 Å². The predicted octanol–water partition coefficient (Wildman–Crippen LogP) is 13.3. The smallest absolute Gasteiger partial charge is 0.0562 e. The highest BCUT2D eigenvalue weighted by Gasteiger charge is 2.31. The van der Waals surface area contributed by atoms with Crippen molar-refractivity contribution >= 4 is 76.9 Å². The summed E-state index contributed by atoms with van der Waals surface area (Å²) in [6.45, 7) is 4.52. The average molecular weight is 641 g/mol. The molecule has 0 spiro atoms. The molecule has 50 heavy (non-hydrogen) atoms. The number of nitrogens with zero attached hydrogens (tertiary/aromatic N) is 2. The lowest BCUT2D eigenvalue weighted by Gasteiger charge is -2.34. The van der Waals surface area contributed by atoms with Gasteiger partial charge in [-0.15, -0.1) is 0 Å². The van der Waals surface area contributed by atoms with Gasteiger partial charge in [0.25, 0.3) is 0 Å². The molecule has 8 aromatic rings. The van der Waals surface area contributed by atoms with Gasteiger partial charge in [0.2, 0.25) is 0 Å². The Morgan fingerprint density at radius 2 is 1.18 bits per heavy atom. The molecule has 0 amide bonds. The van der Waals surface area contributed by atoms with E-state index in [1.54, 1.807) is 0 Å². The third-order valence-electron chi connectivity index (χ3n) is 11.0. The summed E-state index contributed by atoms with van der Waals surface area (Å²) in [7, 11) is 0. The van der Waals surface area contributed by atoms with Gasteiger partial charge in [0.1, 0.15) is 0 Å². The molecule has 0 radical (unpaired) electrons. The summed E-state index contributed by atoms with van der Waals surface area (Å²) in [4.78, 5) is 2.46. The van der Waals surface area contributed by atoms with Crippen LogP contribution in [0.1, 0.15) is 18.9 Å². The van der Waals surface area contributed by atoms with Gasteiger partial charge in [-0.05, 0) is 88.3 Å². The van der Waals surface area contributed by atoms with Crippen molar-refractivity contribution in [3.63, 3.8) is 0 Å². The van der Waals surface area contributed by atoms with Crippen molar-refractivity contribution < 1.29 is 0 Å². The molecule has 0 aliphatic heterocycles. The molecule has 2 aliphatic carbocycles. The maximum atomic E-state index is 2.50. The summed E-state index contributed by atoms with van der Waals surface area (Å²) in [5.41, 5.74) is 9.67. The minimum Gasteiger partial charge on any atom is -0.310 e. The van der Waals surface area contributed by atoms with E-state index in [-0.39, 0.29) is 5.41 Å². The molecule has 0 bridgehead atoms. The summed E-state index contributed by atoms with van der Waals surface area (Å²) in [5.74, 6) is 0. The van der Waals surface area contributed by atoms with Crippen LogP contribution in [0.4, 0.5) is 17.1 Å². The first kappa shape index (κ1) is 28.9. The van der Waals surface area contributed by atoms with E-state index in [1.807, 2.05) is 0 Å². The van der Waals surface area contributed by atoms with E-state index >= 15 is 0 Å². The zero-order chi connectivity index (χ0) is 33.4. The van der Waals surface area contributed by atoms with E-state index < -0.39 is 0 Å². The second-order valence-electron chi connectivity index (χ2n) is 14.1. The molecule has 0 saturated carbocycles. The largest absolute Gasteiger partial charge is 0.310 e. The van der Waals surface area contributed by atoms with Crippen molar-refractivity contribution in [3.8, 4) is 0 Å². The molecule has 2 nitrogen and oxygen atoms in total. The molecule has 7 aromatic carbocycles. The van der Waals surface area contributed by atoms with E-state index in [1.165, 1.54) is 76.6 Å². The van der Waals surface area contributed by atoms with Crippen LogP contribution in [-0.2, 0) is 0 Å². The molecule has 1 heterocycles. The highest BCUT2D eigenvalue weighted by atomic mass is 15.1. The second kappa shape index (κ2) is 10.9. The molecule has 10 rings (SSSR count). The maximum absolute atomic E-state index is 2.50. The Labute approximate surface area is 292 Å². The van der Waals surface area contributed by atoms with Gasteiger partial charge in [-0.1, -0.05) is 140 Å². The summed E-state index contributed by atoms with van der Waals surface area (Å²) in [6.07, 6.45) is 14.7. The fourth-order valence-electron chi connectivity index (χ4n) is 8.56. The fraction of sp³-hybridized carbons (Fsp3) is 0.0833. The number of fused-ring (bicyclic) bond motifs is 10. The lowest BCUT2D eigenvalue weighted by atomic mass is 9.73. The van der Waals surface area contributed by atoms with E-state index in [2.05, 4.69) is 193 Å². The van der Waals surface area contributed by atoms with Crippen LogP contribution in [0.2, 0.25) is 0 Å². The monoisotopic (exact) mass is 640 g/mol. The van der Waals surface area contributed by atoms with Crippen molar-refractivity contribution in [3.05, 3.63) is 181 Å². The lowest BCUT2D eigenvalue weighted by Crippen LogP contribution is -2.21. The van der Waals surface area contributed by atoms with Crippen molar-refractivity contribution in [2.75, 3.05) is 4.90 Å². The Morgan fingerprint density at radius 1 is 0.560 bits per heavy atom. The van der Waals surface area contributed by atoms with Gasteiger partial charge < -0.3 is 9.47 Å². The zero-order valence-electron chi connectivity index (χ0n) is 28.3. The number of allylic oxidation sites excluding steroid dienone is 8. The van der Waals surface area contributed by atoms with Crippen LogP contribution in [-0.4, -0.2) is 4.57 Å². The Bertz CT molecular complexity index is 2760. The first-order valence-corrected chi connectivity index (χ1v) is 17.6. The molecule has 0 fully saturated rings. The first-order valence-electron chi connectivity index (χ1n) is 17.6.